The number of carbonyl (C=O) groups is 1. The highest BCUT2D eigenvalue weighted by atomic mass is 16.3. The van der Waals surface area contributed by atoms with E-state index < -0.39 is 24.2 Å². The zero-order valence-electron chi connectivity index (χ0n) is 28.1. The van der Waals surface area contributed by atoms with Crippen molar-refractivity contribution in [1.29, 1.82) is 0 Å². The van der Waals surface area contributed by atoms with Crippen molar-refractivity contribution in [1.82, 2.24) is 5.32 Å². The lowest BCUT2D eigenvalue weighted by Gasteiger charge is -2.21. The normalized spacial score (nSPS) is 14.4. The highest BCUT2D eigenvalue weighted by Gasteiger charge is 2.22. The average molecular weight is 604 g/mol. The van der Waals surface area contributed by atoms with Gasteiger partial charge in [-0.05, 0) is 64.2 Å². The third kappa shape index (κ3) is 28.8. The van der Waals surface area contributed by atoms with Crippen LogP contribution in [0, 0.1) is 0 Å². The maximum atomic E-state index is 12.4. The van der Waals surface area contributed by atoms with Crippen molar-refractivity contribution < 1.29 is 20.1 Å². The lowest BCUT2D eigenvalue weighted by atomic mass is 10.0. The quantitative estimate of drug-likeness (QED) is 0.0469. The molecule has 0 aliphatic rings. The molecule has 0 radical (unpaired) electrons. The van der Waals surface area contributed by atoms with Gasteiger partial charge in [-0.15, -0.1) is 0 Å². The summed E-state index contributed by atoms with van der Waals surface area (Å²) in [6.45, 7) is 4.10. The van der Waals surface area contributed by atoms with Gasteiger partial charge < -0.3 is 20.6 Å². The van der Waals surface area contributed by atoms with Crippen LogP contribution in [0.25, 0.3) is 0 Å². The number of nitrogens with one attached hydrogen (secondary N) is 1. The van der Waals surface area contributed by atoms with Crippen molar-refractivity contribution in [2.45, 2.75) is 180 Å². The van der Waals surface area contributed by atoms with Crippen LogP contribution in [0.15, 0.2) is 48.6 Å². The number of hydrogen-bond donors (Lipinski definition) is 4. The summed E-state index contributed by atoms with van der Waals surface area (Å²) in [6, 6.07) is -0.817. The summed E-state index contributed by atoms with van der Waals surface area (Å²) >= 11 is 0. The summed E-state index contributed by atoms with van der Waals surface area (Å²) in [5.74, 6) is -0.526. The van der Waals surface area contributed by atoms with E-state index in [1.54, 1.807) is 6.08 Å². The highest BCUT2D eigenvalue weighted by molar-refractivity contribution is 5.80. The second kappa shape index (κ2) is 33.2. The van der Waals surface area contributed by atoms with Crippen LogP contribution in [0.1, 0.15) is 162 Å². The van der Waals surface area contributed by atoms with E-state index in [1.807, 2.05) is 6.08 Å². The summed E-state index contributed by atoms with van der Waals surface area (Å²) in [5, 5.41) is 32.9. The molecule has 0 aromatic carbocycles. The van der Waals surface area contributed by atoms with E-state index in [1.165, 1.54) is 89.9 Å². The van der Waals surface area contributed by atoms with Crippen LogP contribution in [-0.4, -0.2) is 46.1 Å². The van der Waals surface area contributed by atoms with Crippen molar-refractivity contribution in [3.8, 4) is 0 Å². The fraction of sp³-hybridized carbons (Fsp3) is 0.763. The van der Waals surface area contributed by atoms with Gasteiger partial charge in [-0.25, -0.2) is 0 Å². The van der Waals surface area contributed by atoms with Gasteiger partial charge in [0.1, 0.15) is 6.10 Å². The number of aliphatic hydroxyl groups is 3. The molecule has 5 heteroatoms. The molecule has 1 amide bonds. The number of allylic oxidation sites excluding steroid dienone is 7. The minimum absolute atomic E-state index is 0.382. The lowest BCUT2D eigenvalue weighted by molar-refractivity contribution is -0.131. The summed E-state index contributed by atoms with van der Waals surface area (Å²) in [6.07, 6.45) is 41.2. The molecule has 43 heavy (non-hydrogen) atoms. The Balaban J connectivity index is 3.84. The van der Waals surface area contributed by atoms with E-state index in [0.29, 0.717) is 6.42 Å². The Kier molecular flexibility index (Phi) is 31.9. The van der Waals surface area contributed by atoms with Crippen LogP contribution >= 0.6 is 0 Å². The first-order chi connectivity index (χ1) is 21.1. The zero-order valence-corrected chi connectivity index (χ0v) is 28.1. The van der Waals surface area contributed by atoms with Crippen molar-refractivity contribution >= 4 is 5.91 Å². The van der Waals surface area contributed by atoms with E-state index in [0.717, 1.165) is 51.4 Å². The molecule has 0 saturated carbocycles. The van der Waals surface area contributed by atoms with Crippen LogP contribution in [0.2, 0.25) is 0 Å². The van der Waals surface area contributed by atoms with Crippen LogP contribution < -0.4 is 5.32 Å². The smallest absolute Gasteiger partial charge is 0.249 e. The maximum absolute atomic E-state index is 12.4. The largest absolute Gasteiger partial charge is 0.394 e. The Hall–Kier alpha value is -1.69. The minimum atomic E-state index is -1.11. The van der Waals surface area contributed by atoms with Gasteiger partial charge in [0.2, 0.25) is 5.91 Å². The van der Waals surface area contributed by atoms with Gasteiger partial charge in [0, 0.05) is 0 Å². The van der Waals surface area contributed by atoms with Gasteiger partial charge in [-0.3, -0.25) is 4.79 Å². The number of hydrogen-bond acceptors (Lipinski definition) is 4. The van der Waals surface area contributed by atoms with Gasteiger partial charge in [0.15, 0.2) is 0 Å². The Morgan fingerprint density at radius 2 is 1.02 bits per heavy atom. The minimum Gasteiger partial charge on any atom is -0.394 e. The standard InChI is InChI=1S/C38H69NO4/c1-3-5-7-9-11-13-15-17-18-19-21-23-25-27-29-31-33-37(42)38(43)39-35(34-40)36(41)32-30-28-26-24-22-20-16-14-12-10-8-6-4-2/h11,13,17-18,22,24,30,32,35-37,40-42H,3-10,12,14-16,19-21,23,25-29,31,33-34H2,1-2H3,(H,39,43)/b13-11-,18-17-,24-22+,32-30+. The molecule has 0 aromatic heterocycles. The van der Waals surface area contributed by atoms with Crippen molar-refractivity contribution in [2.24, 2.45) is 0 Å². The predicted molar refractivity (Wildman–Crippen MR) is 185 cm³/mol. The molecule has 0 aliphatic heterocycles. The molecule has 250 valence electrons. The fourth-order valence-electron chi connectivity index (χ4n) is 4.99. The van der Waals surface area contributed by atoms with E-state index in [9.17, 15) is 20.1 Å². The first-order valence-electron chi connectivity index (χ1n) is 18.0. The molecular weight excluding hydrogens is 534 g/mol. The van der Waals surface area contributed by atoms with Crippen LogP contribution in [-0.2, 0) is 4.79 Å². The summed E-state index contributed by atoms with van der Waals surface area (Å²) in [7, 11) is 0. The molecule has 0 fully saturated rings. The van der Waals surface area contributed by atoms with E-state index in [4.69, 9.17) is 0 Å². The molecule has 3 atom stereocenters. The third-order valence-electron chi connectivity index (χ3n) is 7.89. The fourth-order valence-corrected chi connectivity index (χ4v) is 4.99. The molecule has 0 saturated heterocycles. The van der Waals surface area contributed by atoms with Crippen molar-refractivity contribution in [3.63, 3.8) is 0 Å². The number of carbonyl (C=O) groups excluding carboxylic acids is 1. The maximum Gasteiger partial charge on any atom is 0.249 e. The van der Waals surface area contributed by atoms with Crippen LogP contribution in [0.4, 0.5) is 0 Å². The number of rotatable bonds is 31. The average Bonchev–Trinajstić information content (AvgIpc) is 3.01. The Morgan fingerprint density at radius 3 is 1.60 bits per heavy atom. The monoisotopic (exact) mass is 604 g/mol. The van der Waals surface area contributed by atoms with Crippen molar-refractivity contribution in [2.75, 3.05) is 6.61 Å². The molecule has 0 aliphatic carbocycles. The molecular formula is C38H69NO4. The van der Waals surface area contributed by atoms with E-state index >= 15 is 0 Å². The van der Waals surface area contributed by atoms with Crippen LogP contribution in [0.5, 0.6) is 0 Å². The van der Waals surface area contributed by atoms with Gasteiger partial charge in [0.05, 0.1) is 18.8 Å². The zero-order chi connectivity index (χ0) is 31.6. The lowest BCUT2D eigenvalue weighted by Crippen LogP contribution is -2.48. The molecule has 5 nitrogen and oxygen atoms in total. The summed E-state index contributed by atoms with van der Waals surface area (Å²) in [4.78, 5) is 12.4. The molecule has 0 aromatic rings. The molecule has 0 spiro atoms. The summed E-state index contributed by atoms with van der Waals surface area (Å²) in [5.41, 5.74) is 0. The SMILES string of the molecule is CCCCC/C=C\C/C=C\CCCCCCCCC(O)C(=O)NC(CO)C(O)/C=C/CC/C=C/CCCCCCCCC. The number of amides is 1. The number of unbranched alkanes of at least 4 members (excludes halogenated alkanes) is 17. The predicted octanol–water partition coefficient (Wildman–Crippen LogP) is 9.42. The summed E-state index contributed by atoms with van der Waals surface area (Å²) < 4.78 is 0. The highest BCUT2D eigenvalue weighted by Crippen LogP contribution is 2.12. The molecule has 0 rings (SSSR count). The Morgan fingerprint density at radius 1 is 0.581 bits per heavy atom. The van der Waals surface area contributed by atoms with E-state index in [2.05, 4.69) is 55.6 Å². The van der Waals surface area contributed by atoms with Crippen LogP contribution in [0.3, 0.4) is 0 Å². The first-order valence-corrected chi connectivity index (χ1v) is 18.0. The van der Waals surface area contributed by atoms with Gasteiger partial charge in [-0.1, -0.05) is 146 Å². The first kappa shape index (κ1) is 41.3. The van der Waals surface area contributed by atoms with Gasteiger partial charge in [-0.2, -0.15) is 0 Å². The van der Waals surface area contributed by atoms with Crippen molar-refractivity contribution in [3.05, 3.63) is 48.6 Å². The molecule has 0 bridgehead atoms. The van der Waals surface area contributed by atoms with Gasteiger partial charge >= 0.3 is 0 Å². The molecule has 0 heterocycles. The van der Waals surface area contributed by atoms with E-state index in [-0.39, 0.29) is 6.61 Å². The Bertz CT molecular complexity index is 715. The molecule has 4 N–H and O–H groups in total. The second-order valence-electron chi connectivity index (χ2n) is 12.1. The topological polar surface area (TPSA) is 89.8 Å². The third-order valence-corrected chi connectivity index (χ3v) is 7.89. The Labute approximate surface area is 266 Å². The molecule has 3 unspecified atom stereocenters. The number of aliphatic hydroxyl groups excluding tert-OH is 3. The van der Waals surface area contributed by atoms with Gasteiger partial charge in [0.25, 0.3) is 0 Å². The second-order valence-corrected chi connectivity index (χ2v) is 12.1.